The maximum Gasteiger partial charge on any atom is 0.187 e. The lowest BCUT2D eigenvalue weighted by Crippen LogP contribution is -1.83. The van der Waals surface area contributed by atoms with E-state index in [9.17, 15) is 0 Å². The van der Waals surface area contributed by atoms with Crippen LogP contribution >= 0.6 is 0 Å². The van der Waals surface area contributed by atoms with Crippen molar-refractivity contribution in [1.29, 1.82) is 0 Å². The molecule has 6 nitrogen and oxygen atoms in total. The minimum atomic E-state index is 0. The lowest BCUT2D eigenvalue weighted by atomic mass is 10.2. The molecule has 0 aromatic carbocycles. The van der Waals surface area contributed by atoms with Gasteiger partial charge in [0.2, 0.25) is 0 Å². The van der Waals surface area contributed by atoms with Crippen LogP contribution in [0.5, 0.6) is 0 Å². The van der Waals surface area contributed by atoms with E-state index in [0.29, 0.717) is 0 Å². The van der Waals surface area contributed by atoms with Gasteiger partial charge in [0.25, 0.3) is 0 Å². The SMILES string of the molecule is C1=Cc2cc3ccc(cc4nc(cc5ccc(cc1n2)[nH]5)C=C4)[nH]3.[AlH3].c1ccc(-c2ccccn2)nc1. The predicted molar refractivity (Wildman–Crippen MR) is 156 cm³/mol. The fourth-order valence-electron chi connectivity index (χ4n) is 3.97. The first kappa shape index (κ1) is 24.1. The molecule has 2 N–H and O–H groups in total. The van der Waals surface area contributed by atoms with Crippen LogP contribution in [0.25, 0.3) is 57.8 Å². The summed E-state index contributed by atoms with van der Waals surface area (Å²) < 4.78 is 0. The minimum absolute atomic E-state index is 0. The third-order valence-electron chi connectivity index (χ3n) is 5.63. The van der Waals surface area contributed by atoms with Crippen molar-refractivity contribution in [3.05, 3.63) is 120 Å². The summed E-state index contributed by atoms with van der Waals surface area (Å²) in [7, 11) is 0. The van der Waals surface area contributed by atoms with Crippen LogP contribution in [0.1, 0.15) is 22.8 Å². The normalized spacial score (nSPS) is 11.4. The van der Waals surface area contributed by atoms with Gasteiger partial charge in [-0.15, -0.1) is 0 Å². The molecule has 7 heteroatoms. The van der Waals surface area contributed by atoms with E-state index in [4.69, 9.17) is 0 Å². The fraction of sp³-hybridized carbons (Fsp3) is 0. The number of fused-ring (bicyclic) bond motifs is 8. The summed E-state index contributed by atoms with van der Waals surface area (Å²) in [5.41, 5.74) is 9.69. The molecule has 0 saturated carbocycles. The molecule has 5 aromatic heterocycles. The number of hydrogen-bond acceptors (Lipinski definition) is 4. The average Bonchev–Trinajstić information content (AvgIpc) is 3.72. The smallest absolute Gasteiger partial charge is 0.187 e. The molecule has 2 aliphatic rings. The molecular formula is C30H25AlN6. The molecular weight excluding hydrogens is 471 g/mol. The second-order valence-corrected chi connectivity index (χ2v) is 8.34. The van der Waals surface area contributed by atoms with Gasteiger partial charge >= 0.3 is 0 Å². The van der Waals surface area contributed by atoms with Gasteiger partial charge < -0.3 is 9.97 Å². The Hall–Kier alpha value is -4.57. The highest BCUT2D eigenvalue weighted by atomic mass is 27.0. The maximum atomic E-state index is 4.63. The van der Waals surface area contributed by atoms with Crippen molar-refractivity contribution in [2.75, 3.05) is 0 Å². The van der Waals surface area contributed by atoms with Crippen molar-refractivity contribution in [2.45, 2.75) is 0 Å². The van der Waals surface area contributed by atoms with Crippen molar-refractivity contribution in [1.82, 2.24) is 29.9 Å². The molecule has 2 aliphatic heterocycles. The first-order valence-corrected chi connectivity index (χ1v) is 11.6. The van der Waals surface area contributed by atoms with Crippen molar-refractivity contribution in [3.8, 4) is 11.4 Å². The third-order valence-corrected chi connectivity index (χ3v) is 5.63. The van der Waals surface area contributed by atoms with Crippen LogP contribution in [0.15, 0.2) is 97.3 Å². The van der Waals surface area contributed by atoms with Crippen molar-refractivity contribution in [3.63, 3.8) is 0 Å². The van der Waals surface area contributed by atoms with E-state index in [1.807, 2.05) is 85.0 Å². The van der Waals surface area contributed by atoms with Gasteiger partial charge in [0.05, 0.1) is 34.2 Å². The molecule has 0 radical (unpaired) electrons. The Kier molecular flexibility index (Phi) is 7.18. The molecule has 8 bridgehead atoms. The summed E-state index contributed by atoms with van der Waals surface area (Å²) in [6.07, 6.45) is 11.6. The summed E-state index contributed by atoms with van der Waals surface area (Å²) in [6.45, 7) is 0. The quantitative estimate of drug-likeness (QED) is 0.289. The number of aromatic amines is 2. The number of nitrogens with one attached hydrogen (secondary N) is 2. The van der Waals surface area contributed by atoms with Crippen LogP contribution in [0, 0.1) is 0 Å². The number of H-pyrrole nitrogens is 2. The lowest BCUT2D eigenvalue weighted by molar-refractivity contribution is 1.25. The largest absolute Gasteiger partial charge is 0.355 e. The van der Waals surface area contributed by atoms with Gasteiger partial charge in [0, 0.05) is 34.5 Å². The Balaban J connectivity index is 0.000000183. The Morgan fingerprint density at radius 2 is 0.784 bits per heavy atom. The van der Waals surface area contributed by atoms with Crippen molar-refractivity contribution < 1.29 is 0 Å². The molecule has 0 unspecified atom stereocenters. The number of rotatable bonds is 1. The Morgan fingerprint density at radius 3 is 1.08 bits per heavy atom. The van der Waals surface area contributed by atoms with E-state index < -0.39 is 0 Å². The molecule has 5 aromatic rings. The molecule has 178 valence electrons. The van der Waals surface area contributed by atoms with E-state index in [1.165, 1.54) is 0 Å². The van der Waals surface area contributed by atoms with Gasteiger partial charge in [-0.25, -0.2) is 9.97 Å². The Morgan fingerprint density at radius 1 is 0.432 bits per heavy atom. The number of hydrogen-bond donors (Lipinski definition) is 2. The maximum absolute atomic E-state index is 4.63. The zero-order valence-corrected chi connectivity index (χ0v) is 19.3. The van der Waals surface area contributed by atoms with E-state index in [-0.39, 0.29) is 17.4 Å². The summed E-state index contributed by atoms with van der Waals surface area (Å²) in [5.74, 6) is 0. The highest BCUT2D eigenvalue weighted by molar-refractivity contribution is 5.77. The van der Waals surface area contributed by atoms with E-state index >= 15 is 0 Å². The standard InChI is InChI=1S/C20H14N4.C10H8N2.Al.3H/c1-2-14-10-16-5-6-18(23-16)12-20-8-7-19(24-20)11-17-4-3-15(22-17)9-13(1)21-14;1-3-7-11-9(5-1)10-6-2-4-8-12-10;;;;/h1-12,21,24H;1-8H;;;;. The van der Waals surface area contributed by atoms with Gasteiger partial charge in [0.15, 0.2) is 17.4 Å². The van der Waals surface area contributed by atoms with Gasteiger partial charge in [-0.2, -0.15) is 0 Å². The second-order valence-electron chi connectivity index (χ2n) is 8.34. The third kappa shape index (κ3) is 5.99. The van der Waals surface area contributed by atoms with Crippen molar-refractivity contribution in [2.24, 2.45) is 0 Å². The van der Waals surface area contributed by atoms with E-state index in [0.717, 1.165) is 56.2 Å². The lowest BCUT2D eigenvalue weighted by Gasteiger charge is -1.96. The van der Waals surface area contributed by atoms with Crippen molar-refractivity contribution >= 4 is 63.7 Å². The van der Waals surface area contributed by atoms with Crippen LogP contribution in [-0.4, -0.2) is 47.3 Å². The van der Waals surface area contributed by atoms with Crippen LogP contribution in [-0.2, 0) is 0 Å². The molecule has 0 fully saturated rings. The van der Waals surface area contributed by atoms with Gasteiger partial charge in [0.1, 0.15) is 0 Å². The van der Waals surface area contributed by atoms with Crippen LogP contribution in [0.4, 0.5) is 0 Å². The predicted octanol–water partition coefficient (Wildman–Crippen LogP) is 5.62. The summed E-state index contributed by atoms with van der Waals surface area (Å²) >= 11 is 0. The molecule has 7 heterocycles. The zero-order chi connectivity index (χ0) is 24.2. The summed E-state index contributed by atoms with van der Waals surface area (Å²) in [5, 5.41) is 0. The van der Waals surface area contributed by atoms with E-state index in [1.54, 1.807) is 12.4 Å². The summed E-state index contributed by atoms with van der Waals surface area (Å²) in [4.78, 5) is 24.4. The minimum Gasteiger partial charge on any atom is -0.355 e. The molecule has 0 aliphatic carbocycles. The monoisotopic (exact) mass is 496 g/mol. The molecule has 0 spiro atoms. The first-order chi connectivity index (χ1) is 17.8. The highest BCUT2D eigenvalue weighted by Crippen LogP contribution is 2.17. The number of aromatic nitrogens is 6. The molecule has 37 heavy (non-hydrogen) atoms. The first-order valence-electron chi connectivity index (χ1n) is 11.6. The van der Waals surface area contributed by atoms with E-state index in [2.05, 4.69) is 54.2 Å². The Bertz CT molecular complexity index is 1520. The van der Waals surface area contributed by atoms with Gasteiger partial charge in [-0.3, -0.25) is 9.97 Å². The number of nitrogens with zero attached hydrogens (tertiary/aromatic N) is 4. The van der Waals surface area contributed by atoms with Crippen LogP contribution in [0.3, 0.4) is 0 Å². The van der Waals surface area contributed by atoms with Crippen LogP contribution < -0.4 is 0 Å². The van der Waals surface area contributed by atoms with Crippen LogP contribution in [0.2, 0.25) is 0 Å². The fourth-order valence-corrected chi connectivity index (χ4v) is 3.97. The van der Waals surface area contributed by atoms with Gasteiger partial charge in [-0.05, 0) is 97.1 Å². The summed E-state index contributed by atoms with van der Waals surface area (Å²) in [6, 6.07) is 28.0. The molecule has 0 saturated heterocycles. The topological polar surface area (TPSA) is 83.1 Å². The average molecular weight is 497 g/mol. The Labute approximate surface area is 224 Å². The molecule has 0 amide bonds. The highest BCUT2D eigenvalue weighted by Gasteiger charge is 2.01. The second kappa shape index (κ2) is 11.0. The van der Waals surface area contributed by atoms with Gasteiger partial charge in [-0.1, -0.05) is 12.1 Å². The molecule has 7 rings (SSSR count). The number of pyridine rings is 2. The molecule has 0 atom stereocenters. The zero-order valence-electron chi connectivity index (χ0n) is 19.3.